The molecule has 10 heteroatoms. The van der Waals surface area contributed by atoms with Gasteiger partial charge in [-0.2, -0.15) is 0 Å². The quantitative estimate of drug-likeness (QED) is 0.562. The Kier molecular flexibility index (Phi) is 8.42. The Bertz CT molecular complexity index is 1100. The van der Waals surface area contributed by atoms with Gasteiger partial charge in [-0.1, -0.05) is 11.6 Å². The second kappa shape index (κ2) is 11.3. The number of aromatic nitrogens is 1. The van der Waals surface area contributed by atoms with Crippen molar-refractivity contribution in [2.24, 2.45) is 0 Å². The molecule has 1 N–H and O–H groups in total. The van der Waals surface area contributed by atoms with Gasteiger partial charge in [-0.15, -0.1) is 0 Å². The smallest absolute Gasteiger partial charge is 0.244 e. The third-order valence-electron chi connectivity index (χ3n) is 6.68. The van der Waals surface area contributed by atoms with E-state index in [1.54, 1.807) is 12.1 Å². The van der Waals surface area contributed by atoms with Gasteiger partial charge in [0.25, 0.3) is 0 Å². The molecule has 8 nitrogen and oxygen atoms in total. The van der Waals surface area contributed by atoms with Crippen molar-refractivity contribution in [3.05, 3.63) is 41.6 Å². The third kappa shape index (κ3) is 6.39. The lowest BCUT2D eigenvalue weighted by Crippen LogP contribution is -2.52. The molecule has 0 amide bonds. The van der Waals surface area contributed by atoms with Crippen molar-refractivity contribution in [1.82, 2.24) is 14.6 Å². The first-order valence-corrected chi connectivity index (χ1v) is 14.1. The van der Waals surface area contributed by atoms with E-state index in [-0.39, 0.29) is 17.0 Å². The van der Waals surface area contributed by atoms with Crippen LogP contribution in [0.1, 0.15) is 39.5 Å². The van der Waals surface area contributed by atoms with Gasteiger partial charge in [0.15, 0.2) is 11.6 Å². The predicted molar refractivity (Wildman–Crippen MR) is 138 cm³/mol. The first-order valence-electron chi connectivity index (χ1n) is 12.2. The number of benzene rings is 1. The van der Waals surface area contributed by atoms with Crippen molar-refractivity contribution >= 4 is 27.4 Å². The number of hydrogen-bond acceptors (Lipinski definition) is 7. The van der Waals surface area contributed by atoms with Gasteiger partial charge in [0.05, 0.1) is 13.2 Å². The zero-order valence-corrected chi connectivity index (χ0v) is 22.2. The summed E-state index contributed by atoms with van der Waals surface area (Å²) in [4.78, 5) is 9.50. The van der Waals surface area contributed by atoms with E-state index in [9.17, 15) is 8.42 Å². The molecule has 1 aromatic carbocycles. The minimum Gasteiger partial charge on any atom is -0.495 e. The zero-order chi connectivity index (χ0) is 25.0. The molecule has 4 rings (SSSR count). The summed E-state index contributed by atoms with van der Waals surface area (Å²) in [6.07, 6.45) is 5.46. The number of nitrogens with zero attached hydrogens (tertiary/aromatic N) is 3. The average molecular weight is 523 g/mol. The molecule has 2 heterocycles. The number of nitrogens with one attached hydrogen (secondary N) is 1. The maximum Gasteiger partial charge on any atom is 0.244 e. The highest BCUT2D eigenvalue weighted by atomic mass is 35.5. The number of pyridine rings is 1. The van der Waals surface area contributed by atoms with Gasteiger partial charge >= 0.3 is 0 Å². The van der Waals surface area contributed by atoms with Crippen molar-refractivity contribution in [2.45, 2.75) is 62.6 Å². The SMILES string of the molecule is COc1ccc(Cl)cc1S(=O)(=O)N[C@H]1CC[C@@H](N2CCN(c3ncccc3OC(C)C)CC2)CC1. The van der Waals surface area contributed by atoms with E-state index < -0.39 is 10.0 Å². The lowest BCUT2D eigenvalue weighted by Gasteiger charge is -2.42. The summed E-state index contributed by atoms with van der Waals surface area (Å²) in [5.74, 6) is 2.04. The van der Waals surface area contributed by atoms with Crippen molar-refractivity contribution in [3.63, 3.8) is 0 Å². The van der Waals surface area contributed by atoms with Crippen LogP contribution in [0.25, 0.3) is 0 Å². The molecule has 2 aliphatic rings. The molecule has 1 saturated heterocycles. The highest BCUT2D eigenvalue weighted by Gasteiger charge is 2.32. The molecule has 0 radical (unpaired) electrons. The van der Waals surface area contributed by atoms with Crippen LogP contribution in [0.15, 0.2) is 41.4 Å². The van der Waals surface area contributed by atoms with E-state index in [0.717, 1.165) is 63.4 Å². The van der Waals surface area contributed by atoms with E-state index in [0.29, 0.717) is 16.8 Å². The van der Waals surface area contributed by atoms with Crippen molar-refractivity contribution in [1.29, 1.82) is 0 Å². The summed E-state index contributed by atoms with van der Waals surface area (Å²) >= 11 is 6.04. The second-order valence-electron chi connectivity index (χ2n) is 9.44. The van der Waals surface area contributed by atoms with E-state index >= 15 is 0 Å². The Morgan fingerprint density at radius 1 is 1.06 bits per heavy atom. The molecule has 1 saturated carbocycles. The molecule has 0 atom stereocenters. The number of piperazine rings is 1. The number of ether oxygens (including phenoxy) is 2. The third-order valence-corrected chi connectivity index (χ3v) is 8.45. The maximum atomic E-state index is 13.0. The molecular formula is C25H35ClN4O4S. The number of hydrogen-bond donors (Lipinski definition) is 1. The molecular weight excluding hydrogens is 488 g/mol. The fourth-order valence-electron chi connectivity index (χ4n) is 4.97. The molecule has 1 aliphatic carbocycles. The fourth-order valence-corrected chi connectivity index (χ4v) is 6.70. The fraction of sp³-hybridized carbons (Fsp3) is 0.560. The molecule has 2 fully saturated rings. The van der Waals surface area contributed by atoms with Gasteiger partial charge in [0, 0.05) is 49.5 Å². The van der Waals surface area contributed by atoms with Gasteiger partial charge in [0.2, 0.25) is 10.0 Å². The van der Waals surface area contributed by atoms with Crippen LogP contribution in [0.2, 0.25) is 5.02 Å². The van der Waals surface area contributed by atoms with Gasteiger partial charge in [-0.25, -0.2) is 18.1 Å². The normalized spacial score (nSPS) is 21.8. The van der Waals surface area contributed by atoms with E-state index in [4.69, 9.17) is 21.1 Å². The van der Waals surface area contributed by atoms with Crippen LogP contribution in [0.5, 0.6) is 11.5 Å². The Balaban J connectivity index is 1.30. The van der Waals surface area contributed by atoms with Crippen LogP contribution in [-0.2, 0) is 10.0 Å². The lowest BCUT2D eigenvalue weighted by molar-refractivity contribution is 0.139. The van der Waals surface area contributed by atoms with E-state index in [1.165, 1.54) is 13.2 Å². The van der Waals surface area contributed by atoms with Crippen molar-refractivity contribution < 1.29 is 17.9 Å². The average Bonchev–Trinajstić information content (AvgIpc) is 2.84. The van der Waals surface area contributed by atoms with E-state index in [2.05, 4.69) is 19.5 Å². The number of halogens is 1. The zero-order valence-electron chi connectivity index (χ0n) is 20.6. The Labute approximate surface area is 213 Å². The van der Waals surface area contributed by atoms with E-state index in [1.807, 2.05) is 32.2 Å². The van der Waals surface area contributed by atoms with Crippen molar-refractivity contribution in [3.8, 4) is 11.5 Å². The maximum absolute atomic E-state index is 13.0. The molecule has 0 unspecified atom stereocenters. The van der Waals surface area contributed by atoms with Gasteiger partial charge < -0.3 is 14.4 Å². The molecule has 0 bridgehead atoms. The first kappa shape index (κ1) is 26.0. The van der Waals surface area contributed by atoms with Crippen LogP contribution in [0.3, 0.4) is 0 Å². The van der Waals surface area contributed by atoms with Gasteiger partial charge in [-0.05, 0) is 69.9 Å². The topological polar surface area (TPSA) is 84.0 Å². The van der Waals surface area contributed by atoms with Crippen molar-refractivity contribution in [2.75, 3.05) is 38.2 Å². The van der Waals surface area contributed by atoms with Crippen LogP contribution >= 0.6 is 11.6 Å². The highest BCUT2D eigenvalue weighted by molar-refractivity contribution is 7.89. The van der Waals surface area contributed by atoms with Gasteiger partial charge in [0.1, 0.15) is 10.6 Å². The summed E-state index contributed by atoms with van der Waals surface area (Å²) in [5.41, 5.74) is 0. The number of methoxy groups -OCH3 is 1. The Hall–Kier alpha value is -2.07. The summed E-state index contributed by atoms with van der Waals surface area (Å²) in [6, 6.07) is 8.90. The molecule has 192 valence electrons. The Morgan fingerprint density at radius 2 is 1.77 bits per heavy atom. The molecule has 0 spiro atoms. The highest BCUT2D eigenvalue weighted by Crippen LogP contribution is 2.31. The minimum absolute atomic E-state index is 0.0843. The standard InChI is InChI=1S/C25H35ClN4O4S/c1-18(2)34-23-5-4-12-27-25(23)30-15-13-29(14-16-30)21-9-7-20(8-10-21)28-35(31,32)24-17-19(26)6-11-22(24)33-3/h4-6,11-12,17-18,20-21,28H,7-10,13-16H2,1-3H3/t20-,21+. The second-order valence-corrected chi connectivity index (χ2v) is 11.6. The Morgan fingerprint density at radius 3 is 2.43 bits per heavy atom. The molecule has 35 heavy (non-hydrogen) atoms. The predicted octanol–water partition coefficient (Wildman–Crippen LogP) is 3.94. The van der Waals surface area contributed by atoms with Crippen LogP contribution < -0.4 is 19.1 Å². The van der Waals surface area contributed by atoms with Crippen LogP contribution in [0, 0.1) is 0 Å². The minimum atomic E-state index is -3.72. The lowest BCUT2D eigenvalue weighted by atomic mass is 9.90. The number of anilines is 1. The summed E-state index contributed by atoms with van der Waals surface area (Å²) < 4.78 is 40.1. The summed E-state index contributed by atoms with van der Waals surface area (Å²) in [5, 5.41) is 0.364. The summed E-state index contributed by atoms with van der Waals surface area (Å²) in [6.45, 7) is 7.75. The number of sulfonamides is 1. The molecule has 2 aromatic rings. The van der Waals surface area contributed by atoms with Gasteiger partial charge in [-0.3, -0.25) is 4.90 Å². The summed E-state index contributed by atoms with van der Waals surface area (Å²) in [7, 11) is -2.26. The van der Waals surface area contributed by atoms with Crippen LogP contribution in [0.4, 0.5) is 5.82 Å². The monoisotopic (exact) mass is 522 g/mol. The van der Waals surface area contributed by atoms with Crippen LogP contribution in [-0.4, -0.2) is 69.8 Å². The first-order chi connectivity index (χ1) is 16.8. The largest absolute Gasteiger partial charge is 0.495 e. The molecule has 1 aromatic heterocycles. The molecule has 1 aliphatic heterocycles. The number of rotatable bonds is 8.